The standard InChI is InChI=1S/C13H15NO/c1-3-13(15)14-8-10(2)12-7-5-4-6-11(12)9-14/h3-7,10H,1,8-9H2,2H3/t10-/m1/s1. The summed E-state index contributed by atoms with van der Waals surface area (Å²) in [5.41, 5.74) is 2.62. The molecule has 2 nitrogen and oxygen atoms in total. The van der Waals surface area contributed by atoms with Crippen LogP contribution in [0.25, 0.3) is 0 Å². The number of benzene rings is 1. The number of carbonyl (C=O) groups excluding carboxylic acids is 1. The van der Waals surface area contributed by atoms with Crippen LogP contribution in [0.2, 0.25) is 0 Å². The molecule has 0 spiro atoms. The quantitative estimate of drug-likeness (QED) is 0.638. The van der Waals surface area contributed by atoms with Crippen molar-refractivity contribution in [3.8, 4) is 0 Å². The van der Waals surface area contributed by atoms with Crippen LogP contribution >= 0.6 is 0 Å². The van der Waals surface area contributed by atoms with Gasteiger partial charge in [0.05, 0.1) is 0 Å². The Kier molecular flexibility index (Phi) is 2.58. The van der Waals surface area contributed by atoms with Gasteiger partial charge in [0.15, 0.2) is 0 Å². The molecule has 0 N–H and O–H groups in total. The predicted octanol–water partition coefficient (Wildman–Crippen LogP) is 2.32. The van der Waals surface area contributed by atoms with E-state index in [4.69, 9.17) is 0 Å². The molecule has 1 aromatic rings. The zero-order valence-corrected chi connectivity index (χ0v) is 8.94. The monoisotopic (exact) mass is 201 g/mol. The Hall–Kier alpha value is -1.57. The van der Waals surface area contributed by atoms with Crippen molar-refractivity contribution in [1.29, 1.82) is 0 Å². The van der Waals surface area contributed by atoms with E-state index in [1.807, 2.05) is 11.0 Å². The number of carbonyl (C=O) groups is 1. The highest BCUT2D eigenvalue weighted by Gasteiger charge is 2.23. The molecule has 1 aliphatic heterocycles. The van der Waals surface area contributed by atoms with Crippen LogP contribution in [0.4, 0.5) is 0 Å². The number of fused-ring (bicyclic) bond motifs is 1. The van der Waals surface area contributed by atoms with E-state index >= 15 is 0 Å². The highest BCUT2D eigenvalue weighted by Crippen LogP contribution is 2.27. The normalized spacial score (nSPS) is 19.5. The third-order valence-corrected chi connectivity index (χ3v) is 2.93. The third kappa shape index (κ3) is 1.80. The molecule has 2 heteroatoms. The zero-order chi connectivity index (χ0) is 10.8. The first-order valence-electron chi connectivity index (χ1n) is 5.21. The van der Waals surface area contributed by atoms with Crippen molar-refractivity contribution in [2.75, 3.05) is 6.54 Å². The fraction of sp³-hybridized carbons (Fsp3) is 0.308. The third-order valence-electron chi connectivity index (χ3n) is 2.93. The van der Waals surface area contributed by atoms with Gasteiger partial charge in [0.2, 0.25) is 5.91 Å². The van der Waals surface area contributed by atoms with Crippen LogP contribution in [-0.4, -0.2) is 17.4 Å². The summed E-state index contributed by atoms with van der Waals surface area (Å²) in [7, 11) is 0. The molecule has 0 saturated carbocycles. The lowest BCUT2D eigenvalue weighted by Gasteiger charge is -2.32. The summed E-state index contributed by atoms with van der Waals surface area (Å²) < 4.78 is 0. The first-order chi connectivity index (χ1) is 7.22. The van der Waals surface area contributed by atoms with Gasteiger partial charge in [-0.3, -0.25) is 4.79 Å². The Morgan fingerprint density at radius 2 is 2.27 bits per heavy atom. The molecule has 0 bridgehead atoms. The maximum Gasteiger partial charge on any atom is 0.246 e. The van der Waals surface area contributed by atoms with E-state index < -0.39 is 0 Å². The molecule has 0 saturated heterocycles. The minimum absolute atomic E-state index is 0.0244. The van der Waals surface area contributed by atoms with Crippen LogP contribution in [0.3, 0.4) is 0 Å². The van der Waals surface area contributed by atoms with Crippen molar-refractivity contribution in [2.45, 2.75) is 19.4 Å². The van der Waals surface area contributed by atoms with Crippen molar-refractivity contribution in [3.63, 3.8) is 0 Å². The number of rotatable bonds is 1. The molecule has 0 unspecified atom stereocenters. The van der Waals surface area contributed by atoms with Gasteiger partial charge in [-0.15, -0.1) is 0 Å². The summed E-state index contributed by atoms with van der Waals surface area (Å²) in [5, 5.41) is 0. The highest BCUT2D eigenvalue weighted by molar-refractivity contribution is 5.87. The minimum Gasteiger partial charge on any atom is -0.334 e. The van der Waals surface area contributed by atoms with Gasteiger partial charge in [0.25, 0.3) is 0 Å². The molecular weight excluding hydrogens is 186 g/mol. The average Bonchev–Trinajstić information content (AvgIpc) is 2.28. The van der Waals surface area contributed by atoms with Crippen LogP contribution < -0.4 is 0 Å². The van der Waals surface area contributed by atoms with Crippen molar-refractivity contribution in [3.05, 3.63) is 48.0 Å². The Morgan fingerprint density at radius 3 is 3.00 bits per heavy atom. The number of hydrogen-bond acceptors (Lipinski definition) is 1. The molecule has 0 fully saturated rings. The Morgan fingerprint density at radius 1 is 1.53 bits per heavy atom. The number of amides is 1. The molecular formula is C13H15NO. The summed E-state index contributed by atoms with van der Waals surface area (Å²) in [5.74, 6) is 0.440. The molecule has 15 heavy (non-hydrogen) atoms. The summed E-state index contributed by atoms with van der Waals surface area (Å²) >= 11 is 0. The lowest BCUT2D eigenvalue weighted by molar-refractivity contribution is -0.127. The summed E-state index contributed by atoms with van der Waals surface area (Å²) in [6, 6.07) is 8.32. The van der Waals surface area contributed by atoms with Crippen LogP contribution in [-0.2, 0) is 11.3 Å². The van der Waals surface area contributed by atoms with E-state index in [-0.39, 0.29) is 5.91 Å². The van der Waals surface area contributed by atoms with Gasteiger partial charge in [-0.1, -0.05) is 37.8 Å². The molecule has 0 aromatic heterocycles. The van der Waals surface area contributed by atoms with Crippen molar-refractivity contribution in [2.24, 2.45) is 0 Å². The van der Waals surface area contributed by atoms with E-state index in [0.717, 1.165) is 6.54 Å². The molecule has 2 rings (SSSR count). The minimum atomic E-state index is 0.0244. The first kappa shape index (κ1) is 9.97. The maximum atomic E-state index is 11.5. The van der Waals surface area contributed by atoms with Gasteiger partial charge in [-0.05, 0) is 23.1 Å². The van der Waals surface area contributed by atoms with Crippen LogP contribution in [0, 0.1) is 0 Å². The lowest BCUT2D eigenvalue weighted by Crippen LogP contribution is -2.36. The van der Waals surface area contributed by atoms with Crippen LogP contribution in [0.15, 0.2) is 36.9 Å². The predicted molar refractivity (Wildman–Crippen MR) is 60.5 cm³/mol. The second-order valence-electron chi connectivity index (χ2n) is 4.02. The van der Waals surface area contributed by atoms with Crippen molar-refractivity contribution in [1.82, 2.24) is 4.90 Å². The van der Waals surface area contributed by atoms with E-state index in [1.165, 1.54) is 17.2 Å². The molecule has 1 aromatic carbocycles. The molecule has 78 valence electrons. The van der Waals surface area contributed by atoms with Gasteiger partial charge in [0, 0.05) is 13.1 Å². The molecule has 1 heterocycles. The van der Waals surface area contributed by atoms with Gasteiger partial charge in [0.1, 0.15) is 0 Å². The molecule has 0 radical (unpaired) electrons. The van der Waals surface area contributed by atoms with Gasteiger partial charge in [-0.2, -0.15) is 0 Å². The topological polar surface area (TPSA) is 20.3 Å². The van der Waals surface area contributed by atoms with E-state index in [2.05, 4.69) is 31.7 Å². The fourth-order valence-electron chi connectivity index (χ4n) is 2.16. The van der Waals surface area contributed by atoms with Crippen molar-refractivity contribution >= 4 is 5.91 Å². The average molecular weight is 201 g/mol. The van der Waals surface area contributed by atoms with Gasteiger partial charge in [-0.25, -0.2) is 0 Å². The SMILES string of the molecule is C=CC(=O)N1Cc2ccccc2[C@H](C)C1. The molecule has 1 atom stereocenters. The Labute approximate surface area is 90.2 Å². The molecule has 1 aliphatic rings. The molecule has 0 aliphatic carbocycles. The Balaban J connectivity index is 2.30. The Bertz CT molecular complexity index is 397. The van der Waals surface area contributed by atoms with Gasteiger partial charge < -0.3 is 4.90 Å². The van der Waals surface area contributed by atoms with Crippen LogP contribution in [0.1, 0.15) is 24.0 Å². The maximum absolute atomic E-state index is 11.5. The van der Waals surface area contributed by atoms with E-state index in [9.17, 15) is 4.79 Å². The molecule has 1 amide bonds. The smallest absolute Gasteiger partial charge is 0.246 e. The summed E-state index contributed by atoms with van der Waals surface area (Å²) in [6.07, 6.45) is 1.39. The van der Waals surface area contributed by atoms with Crippen LogP contribution in [0.5, 0.6) is 0 Å². The number of nitrogens with zero attached hydrogens (tertiary/aromatic N) is 1. The summed E-state index contributed by atoms with van der Waals surface area (Å²) in [4.78, 5) is 13.4. The largest absolute Gasteiger partial charge is 0.334 e. The van der Waals surface area contributed by atoms with E-state index in [0.29, 0.717) is 12.5 Å². The lowest BCUT2D eigenvalue weighted by atomic mass is 9.91. The highest BCUT2D eigenvalue weighted by atomic mass is 16.2. The van der Waals surface area contributed by atoms with E-state index in [1.54, 1.807) is 0 Å². The first-order valence-corrected chi connectivity index (χ1v) is 5.21. The second kappa shape index (κ2) is 3.89. The second-order valence-corrected chi connectivity index (χ2v) is 4.02. The number of hydrogen-bond donors (Lipinski definition) is 0. The van der Waals surface area contributed by atoms with Crippen molar-refractivity contribution < 1.29 is 4.79 Å². The van der Waals surface area contributed by atoms with Gasteiger partial charge >= 0.3 is 0 Å². The summed E-state index contributed by atoms with van der Waals surface area (Å²) in [6.45, 7) is 7.19. The fourth-order valence-corrected chi connectivity index (χ4v) is 2.16. The zero-order valence-electron chi connectivity index (χ0n) is 8.94.